The molecule has 0 spiro atoms. The minimum absolute atomic E-state index is 0.0452. The molecule has 0 unspecified atom stereocenters. The molecule has 210 valence electrons. The summed E-state index contributed by atoms with van der Waals surface area (Å²) in [6, 6.07) is 10.1. The minimum atomic E-state index is -4.55. The number of nitrogens with zero attached hydrogens (tertiary/aromatic N) is 4. The number of ether oxygens (including phenoxy) is 1. The first-order valence-corrected chi connectivity index (χ1v) is 13.0. The first kappa shape index (κ1) is 27.4. The van der Waals surface area contributed by atoms with Crippen LogP contribution in [0.25, 0.3) is 11.0 Å². The molecular formula is C28H30F3N7O2. The lowest BCUT2D eigenvalue weighted by Gasteiger charge is -2.34. The molecule has 1 saturated heterocycles. The van der Waals surface area contributed by atoms with Crippen LogP contribution in [0, 0.1) is 6.92 Å². The third-order valence-corrected chi connectivity index (χ3v) is 6.95. The molecule has 5 rings (SSSR count). The van der Waals surface area contributed by atoms with Crippen molar-refractivity contribution >= 4 is 28.4 Å². The second-order valence-corrected chi connectivity index (χ2v) is 9.66. The number of piperazine rings is 1. The first-order valence-electron chi connectivity index (χ1n) is 13.0. The number of rotatable bonds is 7. The average Bonchev–Trinajstić information content (AvgIpc) is 3.41. The summed E-state index contributed by atoms with van der Waals surface area (Å²) in [4.78, 5) is 28.3. The summed E-state index contributed by atoms with van der Waals surface area (Å²) in [6.07, 6.45) is -1.44. The van der Waals surface area contributed by atoms with Crippen LogP contribution >= 0.6 is 0 Å². The van der Waals surface area contributed by atoms with E-state index in [4.69, 9.17) is 4.74 Å². The van der Waals surface area contributed by atoms with E-state index in [0.717, 1.165) is 31.3 Å². The number of amides is 2. The zero-order valence-electron chi connectivity index (χ0n) is 22.2. The molecule has 2 amide bonds. The van der Waals surface area contributed by atoms with Gasteiger partial charge in [0.2, 0.25) is 5.88 Å². The van der Waals surface area contributed by atoms with Crippen LogP contribution in [0.2, 0.25) is 0 Å². The van der Waals surface area contributed by atoms with E-state index >= 15 is 0 Å². The van der Waals surface area contributed by atoms with Gasteiger partial charge in [0.05, 0.1) is 10.9 Å². The number of carbonyl (C=O) groups excluding carboxylic acids is 1. The summed E-state index contributed by atoms with van der Waals surface area (Å²) in [7, 11) is 0. The molecular weight excluding hydrogens is 523 g/mol. The molecule has 1 fully saturated rings. The molecule has 0 radical (unpaired) electrons. The standard InChI is InChI=1S/C28H30F3N7O2/c1-3-37-10-12-38(13-11-37)16-19-5-7-20(14-23(19)28(29,30)31)35-27(39)36-21-6-4-18(2)24(15-21)40-26-22-8-9-32-25(22)33-17-34-26/h4-9,14-15,17H,3,10-13,16H2,1-2H3,(H,32,33,34)(H2,35,36,39). The van der Waals surface area contributed by atoms with Crippen molar-refractivity contribution in [3.8, 4) is 11.6 Å². The number of benzene rings is 2. The van der Waals surface area contributed by atoms with Crippen molar-refractivity contribution in [2.24, 2.45) is 0 Å². The van der Waals surface area contributed by atoms with Gasteiger partial charge in [-0.1, -0.05) is 19.1 Å². The van der Waals surface area contributed by atoms with Crippen LogP contribution in [0.5, 0.6) is 11.6 Å². The molecule has 4 aromatic rings. The maximum atomic E-state index is 13.9. The molecule has 2 aromatic carbocycles. The third kappa shape index (κ3) is 6.35. The quantitative estimate of drug-likeness (QED) is 0.265. The number of likely N-dealkylation sites (N-methyl/N-ethyl adjacent to an activating group) is 1. The lowest BCUT2D eigenvalue weighted by molar-refractivity contribution is -0.138. The Labute approximate surface area is 229 Å². The number of nitrogens with one attached hydrogen (secondary N) is 3. The van der Waals surface area contributed by atoms with Crippen LogP contribution in [0.15, 0.2) is 55.0 Å². The van der Waals surface area contributed by atoms with Crippen LogP contribution < -0.4 is 15.4 Å². The summed E-state index contributed by atoms with van der Waals surface area (Å²) in [5, 5.41) is 5.88. The number of H-pyrrole nitrogens is 1. The van der Waals surface area contributed by atoms with Gasteiger partial charge in [0.1, 0.15) is 17.7 Å². The predicted octanol–water partition coefficient (Wildman–Crippen LogP) is 5.86. The normalized spacial score (nSPS) is 14.8. The van der Waals surface area contributed by atoms with Crippen LogP contribution in [0.4, 0.5) is 29.3 Å². The smallest absolute Gasteiger partial charge is 0.416 e. The molecule has 0 saturated carbocycles. The molecule has 3 heterocycles. The fraction of sp³-hybridized carbons (Fsp3) is 0.321. The van der Waals surface area contributed by atoms with E-state index in [1.165, 1.54) is 18.5 Å². The monoisotopic (exact) mass is 553 g/mol. The Hall–Kier alpha value is -4.16. The van der Waals surface area contributed by atoms with E-state index in [2.05, 4.69) is 37.4 Å². The van der Waals surface area contributed by atoms with Crippen molar-refractivity contribution in [2.75, 3.05) is 43.4 Å². The zero-order valence-corrected chi connectivity index (χ0v) is 22.2. The summed E-state index contributed by atoms with van der Waals surface area (Å²) < 4.78 is 47.8. The molecule has 9 nitrogen and oxygen atoms in total. The van der Waals surface area contributed by atoms with Gasteiger partial charge in [-0.05, 0) is 48.9 Å². The zero-order chi connectivity index (χ0) is 28.3. The number of hydrogen-bond acceptors (Lipinski definition) is 6. The van der Waals surface area contributed by atoms with Crippen LogP contribution in [-0.4, -0.2) is 63.5 Å². The van der Waals surface area contributed by atoms with Gasteiger partial charge in [-0.15, -0.1) is 0 Å². The predicted molar refractivity (Wildman–Crippen MR) is 147 cm³/mol. The van der Waals surface area contributed by atoms with E-state index in [1.807, 2.05) is 11.8 Å². The van der Waals surface area contributed by atoms with Gasteiger partial charge in [-0.25, -0.2) is 14.8 Å². The van der Waals surface area contributed by atoms with E-state index in [0.29, 0.717) is 41.4 Å². The molecule has 0 bridgehead atoms. The highest BCUT2D eigenvalue weighted by Gasteiger charge is 2.34. The van der Waals surface area contributed by atoms with E-state index in [1.54, 1.807) is 30.5 Å². The summed E-state index contributed by atoms with van der Waals surface area (Å²) >= 11 is 0. The number of alkyl halides is 3. The SMILES string of the molecule is CCN1CCN(Cc2ccc(NC(=O)Nc3ccc(C)c(Oc4ncnc5[nH]ccc45)c3)cc2C(F)(F)F)CC1. The fourth-order valence-electron chi connectivity index (χ4n) is 4.68. The number of carbonyl (C=O) groups is 1. The van der Waals surface area contributed by atoms with E-state index < -0.39 is 17.8 Å². The Kier molecular flexibility index (Phi) is 7.90. The second kappa shape index (κ2) is 11.5. The van der Waals surface area contributed by atoms with Gasteiger partial charge in [-0.3, -0.25) is 4.90 Å². The minimum Gasteiger partial charge on any atom is -0.438 e. The summed E-state index contributed by atoms with van der Waals surface area (Å²) in [6.45, 7) is 8.14. The van der Waals surface area contributed by atoms with Crippen molar-refractivity contribution in [1.82, 2.24) is 24.8 Å². The molecule has 1 aliphatic rings. The van der Waals surface area contributed by atoms with Gasteiger partial charge in [0.15, 0.2) is 0 Å². The Morgan fingerprint density at radius 3 is 2.42 bits per heavy atom. The molecule has 0 atom stereocenters. The van der Waals surface area contributed by atoms with Gasteiger partial charge >= 0.3 is 12.2 Å². The van der Waals surface area contributed by atoms with Crippen molar-refractivity contribution in [2.45, 2.75) is 26.6 Å². The van der Waals surface area contributed by atoms with Gasteiger partial charge in [0.25, 0.3) is 0 Å². The van der Waals surface area contributed by atoms with Crippen molar-refractivity contribution in [3.05, 3.63) is 71.7 Å². The molecule has 1 aliphatic heterocycles. The van der Waals surface area contributed by atoms with Crippen LogP contribution in [-0.2, 0) is 12.7 Å². The van der Waals surface area contributed by atoms with Gasteiger partial charge in [-0.2, -0.15) is 13.2 Å². The number of urea groups is 1. The number of halogens is 3. The maximum absolute atomic E-state index is 13.9. The Balaban J connectivity index is 1.27. The van der Waals surface area contributed by atoms with E-state index in [-0.39, 0.29) is 17.8 Å². The number of aromatic nitrogens is 3. The molecule has 0 aliphatic carbocycles. The molecule has 3 N–H and O–H groups in total. The number of hydrogen-bond donors (Lipinski definition) is 3. The maximum Gasteiger partial charge on any atom is 0.416 e. The largest absolute Gasteiger partial charge is 0.438 e. The third-order valence-electron chi connectivity index (χ3n) is 6.95. The number of fused-ring (bicyclic) bond motifs is 1. The lowest BCUT2D eigenvalue weighted by Crippen LogP contribution is -2.45. The van der Waals surface area contributed by atoms with Gasteiger partial charge in [0, 0.05) is 56.4 Å². The highest BCUT2D eigenvalue weighted by Crippen LogP contribution is 2.35. The van der Waals surface area contributed by atoms with Crippen LogP contribution in [0.3, 0.4) is 0 Å². The Morgan fingerprint density at radius 2 is 1.70 bits per heavy atom. The topological polar surface area (TPSA) is 98.4 Å². The van der Waals surface area contributed by atoms with Crippen molar-refractivity contribution < 1.29 is 22.7 Å². The number of aryl methyl sites for hydroxylation is 1. The number of aromatic amines is 1. The Morgan fingerprint density at radius 1 is 1.00 bits per heavy atom. The van der Waals surface area contributed by atoms with Crippen molar-refractivity contribution in [3.63, 3.8) is 0 Å². The average molecular weight is 554 g/mol. The summed E-state index contributed by atoms with van der Waals surface area (Å²) in [5.41, 5.74) is 1.30. The Bertz CT molecular complexity index is 1500. The van der Waals surface area contributed by atoms with Gasteiger partial charge < -0.3 is 25.3 Å². The van der Waals surface area contributed by atoms with Crippen molar-refractivity contribution in [1.29, 1.82) is 0 Å². The lowest BCUT2D eigenvalue weighted by atomic mass is 10.0. The number of anilines is 2. The van der Waals surface area contributed by atoms with Crippen LogP contribution in [0.1, 0.15) is 23.6 Å². The highest BCUT2D eigenvalue weighted by molar-refractivity contribution is 6.00. The first-order chi connectivity index (χ1) is 19.2. The molecule has 12 heteroatoms. The second-order valence-electron chi connectivity index (χ2n) is 9.66. The highest BCUT2D eigenvalue weighted by atomic mass is 19.4. The van der Waals surface area contributed by atoms with E-state index in [9.17, 15) is 18.0 Å². The fourth-order valence-corrected chi connectivity index (χ4v) is 4.68. The summed E-state index contributed by atoms with van der Waals surface area (Å²) in [5.74, 6) is 0.811. The molecule has 2 aromatic heterocycles. The molecule has 40 heavy (non-hydrogen) atoms.